The van der Waals surface area contributed by atoms with Gasteiger partial charge in [0.2, 0.25) is 0 Å². The molecule has 0 radical (unpaired) electrons. The Morgan fingerprint density at radius 2 is 1.80 bits per heavy atom. The van der Waals surface area contributed by atoms with Gasteiger partial charge in [-0.25, -0.2) is 4.98 Å². The Balaban J connectivity index is 1.39. The van der Waals surface area contributed by atoms with E-state index in [1.54, 1.807) is 0 Å². The maximum absolute atomic E-state index is 12.7. The molecule has 3 aromatic carbocycles. The smallest absolute Gasteiger partial charge is 0.251 e. The molecule has 5 nitrogen and oxygen atoms in total. The molecule has 1 heterocycles. The molecule has 0 unspecified atom stereocenters. The average molecular weight is 470 g/mol. The summed E-state index contributed by atoms with van der Waals surface area (Å²) in [7, 11) is 0. The quantitative estimate of drug-likeness (QED) is 0.281. The molecule has 0 aliphatic heterocycles. The zero-order valence-electron chi connectivity index (χ0n) is 21.2. The number of imidazole rings is 1. The van der Waals surface area contributed by atoms with Crippen LogP contribution >= 0.6 is 0 Å². The second-order valence-corrected chi connectivity index (χ2v) is 9.39. The zero-order valence-corrected chi connectivity index (χ0v) is 21.2. The monoisotopic (exact) mass is 469 g/mol. The van der Waals surface area contributed by atoms with Crippen LogP contribution in [0.15, 0.2) is 66.7 Å². The first-order valence-electron chi connectivity index (χ1n) is 12.5. The number of hydrogen-bond donors (Lipinski definition) is 1. The van der Waals surface area contributed by atoms with Crippen molar-refractivity contribution in [2.24, 2.45) is 0 Å². The van der Waals surface area contributed by atoms with Crippen LogP contribution in [0.2, 0.25) is 0 Å². The average Bonchev–Trinajstić information content (AvgIpc) is 3.19. The predicted molar refractivity (Wildman–Crippen MR) is 142 cm³/mol. The van der Waals surface area contributed by atoms with Crippen LogP contribution in [0, 0.1) is 13.8 Å². The van der Waals surface area contributed by atoms with E-state index in [0.717, 1.165) is 52.3 Å². The lowest BCUT2D eigenvalue weighted by Crippen LogP contribution is -2.27. The number of aromatic nitrogens is 2. The number of aryl methyl sites for hydroxylation is 3. The highest BCUT2D eigenvalue weighted by atomic mass is 16.5. The number of benzene rings is 3. The van der Waals surface area contributed by atoms with Crippen LogP contribution in [-0.4, -0.2) is 28.6 Å². The van der Waals surface area contributed by atoms with Crippen LogP contribution in [0.5, 0.6) is 5.75 Å². The standard InChI is InChI=1S/C30H35N3O2/c1-21(2)24-10-5-8-13-28(24)35-19-9-18-33-27-12-7-6-11-26(27)32-29(33)16-17-31-30(34)25-15-14-22(3)20-23(25)4/h5-8,10-15,20-21H,9,16-19H2,1-4H3,(H,31,34). The Hall–Kier alpha value is -3.60. The predicted octanol–water partition coefficient (Wildman–Crippen LogP) is 6.22. The number of nitrogens with one attached hydrogen (secondary N) is 1. The molecule has 5 heteroatoms. The summed E-state index contributed by atoms with van der Waals surface area (Å²) in [5.74, 6) is 2.33. The molecular weight excluding hydrogens is 434 g/mol. The first kappa shape index (κ1) is 24.5. The minimum Gasteiger partial charge on any atom is -0.493 e. The first-order chi connectivity index (χ1) is 16.9. The molecule has 0 saturated carbocycles. The summed E-state index contributed by atoms with van der Waals surface area (Å²) in [6, 6.07) is 22.4. The number of hydrogen-bond acceptors (Lipinski definition) is 3. The maximum Gasteiger partial charge on any atom is 0.251 e. The summed E-state index contributed by atoms with van der Waals surface area (Å²) in [4.78, 5) is 17.5. The molecule has 1 N–H and O–H groups in total. The SMILES string of the molecule is Cc1ccc(C(=O)NCCc2nc3ccccc3n2CCCOc2ccccc2C(C)C)c(C)c1. The van der Waals surface area contributed by atoms with Gasteiger partial charge in [-0.05, 0) is 61.6 Å². The third-order valence-corrected chi connectivity index (χ3v) is 6.32. The van der Waals surface area contributed by atoms with E-state index in [1.807, 2.05) is 62.4 Å². The van der Waals surface area contributed by atoms with Gasteiger partial charge in [0.05, 0.1) is 17.6 Å². The van der Waals surface area contributed by atoms with Gasteiger partial charge < -0.3 is 14.6 Å². The van der Waals surface area contributed by atoms with Crippen LogP contribution in [0.4, 0.5) is 0 Å². The molecule has 0 aliphatic rings. The number of ether oxygens (including phenoxy) is 1. The summed E-state index contributed by atoms with van der Waals surface area (Å²) in [6.07, 6.45) is 1.54. The lowest BCUT2D eigenvalue weighted by molar-refractivity contribution is 0.0953. The zero-order chi connectivity index (χ0) is 24.8. The van der Waals surface area contributed by atoms with Gasteiger partial charge in [-0.3, -0.25) is 4.79 Å². The van der Waals surface area contributed by atoms with Gasteiger partial charge in [-0.1, -0.05) is 61.9 Å². The molecule has 0 saturated heterocycles. The molecular formula is C30H35N3O2. The molecule has 35 heavy (non-hydrogen) atoms. The summed E-state index contributed by atoms with van der Waals surface area (Å²) >= 11 is 0. The van der Waals surface area contributed by atoms with Crippen molar-refractivity contribution in [1.82, 2.24) is 14.9 Å². The second-order valence-electron chi connectivity index (χ2n) is 9.39. The molecule has 0 fully saturated rings. The van der Waals surface area contributed by atoms with Crippen LogP contribution < -0.4 is 10.1 Å². The normalized spacial score (nSPS) is 11.2. The molecule has 4 rings (SSSR count). The number of para-hydroxylation sites is 3. The van der Waals surface area contributed by atoms with E-state index < -0.39 is 0 Å². The summed E-state index contributed by atoms with van der Waals surface area (Å²) < 4.78 is 8.40. The summed E-state index contributed by atoms with van der Waals surface area (Å²) in [5.41, 5.74) is 6.21. The topological polar surface area (TPSA) is 56.2 Å². The van der Waals surface area contributed by atoms with Crippen molar-refractivity contribution in [2.75, 3.05) is 13.2 Å². The van der Waals surface area contributed by atoms with E-state index in [1.165, 1.54) is 5.56 Å². The highest BCUT2D eigenvalue weighted by Crippen LogP contribution is 2.26. The fourth-order valence-corrected chi connectivity index (χ4v) is 4.51. The molecule has 0 atom stereocenters. The van der Waals surface area contributed by atoms with Gasteiger partial charge >= 0.3 is 0 Å². The van der Waals surface area contributed by atoms with Crippen LogP contribution in [-0.2, 0) is 13.0 Å². The largest absolute Gasteiger partial charge is 0.493 e. The van der Waals surface area contributed by atoms with Gasteiger partial charge in [-0.2, -0.15) is 0 Å². The minimum atomic E-state index is -0.0395. The van der Waals surface area contributed by atoms with Gasteiger partial charge in [0, 0.05) is 25.1 Å². The minimum absolute atomic E-state index is 0.0395. The molecule has 182 valence electrons. The van der Waals surface area contributed by atoms with Gasteiger partial charge in [0.25, 0.3) is 5.91 Å². The van der Waals surface area contributed by atoms with Crippen LogP contribution in [0.25, 0.3) is 11.0 Å². The Labute approximate surface area is 208 Å². The van der Waals surface area contributed by atoms with E-state index in [0.29, 0.717) is 25.5 Å². The van der Waals surface area contributed by atoms with Crippen LogP contribution in [0.3, 0.4) is 0 Å². The van der Waals surface area contributed by atoms with Crippen molar-refractivity contribution < 1.29 is 9.53 Å². The lowest BCUT2D eigenvalue weighted by Gasteiger charge is -2.15. The van der Waals surface area contributed by atoms with Crippen molar-refractivity contribution in [3.8, 4) is 5.75 Å². The number of carbonyl (C=O) groups is 1. The Kier molecular flexibility index (Phi) is 7.86. The van der Waals surface area contributed by atoms with Gasteiger partial charge in [-0.15, -0.1) is 0 Å². The fourth-order valence-electron chi connectivity index (χ4n) is 4.51. The first-order valence-corrected chi connectivity index (χ1v) is 12.5. The lowest BCUT2D eigenvalue weighted by atomic mass is 10.0. The van der Waals surface area contributed by atoms with Crippen molar-refractivity contribution in [3.63, 3.8) is 0 Å². The molecule has 1 aromatic heterocycles. The Morgan fingerprint density at radius 3 is 2.60 bits per heavy atom. The molecule has 0 aliphatic carbocycles. The summed E-state index contributed by atoms with van der Waals surface area (Å²) in [6.45, 7) is 10.4. The van der Waals surface area contributed by atoms with E-state index in [4.69, 9.17) is 9.72 Å². The Morgan fingerprint density at radius 1 is 1.03 bits per heavy atom. The summed E-state index contributed by atoms with van der Waals surface area (Å²) in [5, 5.41) is 3.07. The van der Waals surface area contributed by atoms with E-state index >= 15 is 0 Å². The number of fused-ring (bicyclic) bond motifs is 1. The molecule has 1 amide bonds. The van der Waals surface area contributed by atoms with Gasteiger partial charge in [0.1, 0.15) is 11.6 Å². The number of rotatable bonds is 10. The van der Waals surface area contributed by atoms with Crippen molar-refractivity contribution >= 4 is 16.9 Å². The number of amides is 1. The number of nitrogens with zero attached hydrogens (tertiary/aromatic N) is 2. The van der Waals surface area contributed by atoms with Crippen molar-refractivity contribution in [3.05, 3.63) is 94.8 Å². The second kappa shape index (κ2) is 11.2. The van der Waals surface area contributed by atoms with Crippen molar-refractivity contribution in [2.45, 2.75) is 53.0 Å². The highest BCUT2D eigenvalue weighted by molar-refractivity contribution is 5.95. The van der Waals surface area contributed by atoms with E-state index in [-0.39, 0.29) is 5.91 Å². The highest BCUT2D eigenvalue weighted by Gasteiger charge is 2.13. The van der Waals surface area contributed by atoms with Crippen LogP contribution in [0.1, 0.15) is 59.1 Å². The maximum atomic E-state index is 12.7. The number of carbonyl (C=O) groups excluding carboxylic acids is 1. The van der Waals surface area contributed by atoms with Gasteiger partial charge in [0.15, 0.2) is 0 Å². The van der Waals surface area contributed by atoms with Crippen molar-refractivity contribution in [1.29, 1.82) is 0 Å². The fraction of sp³-hybridized carbons (Fsp3) is 0.333. The third kappa shape index (κ3) is 5.91. The van der Waals surface area contributed by atoms with E-state index in [2.05, 4.69) is 41.9 Å². The third-order valence-electron chi connectivity index (χ3n) is 6.32. The Bertz CT molecular complexity index is 1310. The van der Waals surface area contributed by atoms with E-state index in [9.17, 15) is 4.79 Å². The molecule has 0 bridgehead atoms. The molecule has 4 aromatic rings. The molecule has 0 spiro atoms.